The smallest absolute Gasteiger partial charge is 0.416 e. The molecule has 1 aliphatic heterocycles. The quantitative estimate of drug-likeness (QED) is 0.806. The second-order valence-electron chi connectivity index (χ2n) is 5.40. The Morgan fingerprint density at radius 1 is 1.08 bits per heavy atom. The molecule has 8 heteroatoms. The van der Waals surface area contributed by atoms with E-state index in [9.17, 15) is 18.0 Å². The van der Waals surface area contributed by atoms with Crippen molar-refractivity contribution in [2.24, 2.45) is 0 Å². The van der Waals surface area contributed by atoms with Crippen LogP contribution in [0, 0.1) is 0 Å². The molecule has 0 spiro atoms. The number of benzene rings is 2. The van der Waals surface area contributed by atoms with Gasteiger partial charge in [-0.1, -0.05) is 12.1 Å². The molecule has 132 valence electrons. The van der Waals surface area contributed by atoms with Gasteiger partial charge in [-0.15, -0.1) is 0 Å². The summed E-state index contributed by atoms with van der Waals surface area (Å²) in [4.78, 5) is 12.2. The average molecular weight is 416 g/mol. The molecule has 0 saturated heterocycles. The van der Waals surface area contributed by atoms with Crippen molar-refractivity contribution >= 4 is 27.5 Å². The number of hydrogen-bond acceptors (Lipinski definition) is 3. The number of amides is 1. The number of carbonyl (C=O) groups is 1. The Morgan fingerprint density at radius 3 is 2.28 bits per heavy atom. The number of hydrogen-bond donors (Lipinski definition) is 1. The standard InChI is InChI=1S/C17H13BrF3NO3/c18-12-8-14-15(25-6-5-24-14)9-13(12)22-16(23)7-10-1-3-11(4-2-10)17(19,20)21/h1-4,8-9H,5-7H2,(H,22,23). The fourth-order valence-electron chi connectivity index (χ4n) is 2.35. The molecule has 0 aliphatic carbocycles. The van der Waals surface area contributed by atoms with E-state index in [1.807, 2.05) is 0 Å². The van der Waals surface area contributed by atoms with Crippen molar-refractivity contribution in [1.29, 1.82) is 0 Å². The van der Waals surface area contributed by atoms with Crippen molar-refractivity contribution in [3.63, 3.8) is 0 Å². The molecule has 0 radical (unpaired) electrons. The van der Waals surface area contributed by atoms with Crippen molar-refractivity contribution in [2.45, 2.75) is 12.6 Å². The van der Waals surface area contributed by atoms with E-state index in [4.69, 9.17) is 9.47 Å². The van der Waals surface area contributed by atoms with Gasteiger partial charge in [0.25, 0.3) is 0 Å². The third-order valence-electron chi connectivity index (χ3n) is 3.55. The van der Waals surface area contributed by atoms with E-state index in [0.717, 1.165) is 12.1 Å². The second-order valence-corrected chi connectivity index (χ2v) is 6.25. The van der Waals surface area contributed by atoms with E-state index in [1.54, 1.807) is 12.1 Å². The molecule has 0 atom stereocenters. The van der Waals surface area contributed by atoms with E-state index in [0.29, 0.717) is 40.4 Å². The molecule has 0 bridgehead atoms. The molecule has 25 heavy (non-hydrogen) atoms. The molecule has 0 fully saturated rings. The number of carbonyl (C=O) groups excluding carboxylic acids is 1. The maximum Gasteiger partial charge on any atom is 0.416 e. The molecule has 1 amide bonds. The summed E-state index contributed by atoms with van der Waals surface area (Å²) < 4.78 is 49.2. The van der Waals surface area contributed by atoms with Gasteiger partial charge < -0.3 is 14.8 Å². The molecule has 4 nitrogen and oxygen atoms in total. The zero-order valence-corrected chi connectivity index (χ0v) is 14.4. The summed E-state index contributed by atoms with van der Waals surface area (Å²) in [7, 11) is 0. The van der Waals surface area contributed by atoms with Crippen LogP contribution in [-0.4, -0.2) is 19.1 Å². The minimum atomic E-state index is -4.39. The van der Waals surface area contributed by atoms with E-state index < -0.39 is 11.7 Å². The molecule has 3 rings (SSSR count). The fraction of sp³-hybridized carbons (Fsp3) is 0.235. The summed E-state index contributed by atoms with van der Waals surface area (Å²) in [6.45, 7) is 0.882. The van der Waals surface area contributed by atoms with Gasteiger partial charge in [0, 0.05) is 16.6 Å². The largest absolute Gasteiger partial charge is 0.486 e. The number of halogens is 4. The average Bonchev–Trinajstić information content (AvgIpc) is 2.55. The monoisotopic (exact) mass is 415 g/mol. The lowest BCUT2D eigenvalue weighted by Crippen LogP contribution is -2.17. The maximum atomic E-state index is 12.5. The predicted molar refractivity (Wildman–Crippen MR) is 88.9 cm³/mol. The van der Waals surface area contributed by atoms with Crippen LogP contribution < -0.4 is 14.8 Å². The van der Waals surface area contributed by atoms with Gasteiger partial charge >= 0.3 is 6.18 Å². The van der Waals surface area contributed by atoms with Gasteiger partial charge in [0.2, 0.25) is 5.91 Å². The van der Waals surface area contributed by atoms with E-state index in [2.05, 4.69) is 21.2 Å². The number of nitrogens with one attached hydrogen (secondary N) is 1. The highest BCUT2D eigenvalue weighted by Crippen LogP contribution is 2.38. The van der Waals surface area contributed by atoms with Crippen LogP contribution in [0.15, 0.2) is 40.9 Å². The first kappa shape index (κ1) is 17.6. The highest BCUT2D eigenvalue weighted by Gasteiger charge is 2.30. The summed E-state index contributed by atoms with van der Waals surface area (Å²) in [5.74, 6) is 0.760. The van der Waals surface area contributed by atoms with Crippen molar-refractivity contribution in [1.82, 2.24) is 0 Å². The first-order chi connectivity index (χ1) is 11.8. The molecule has 1 N–H and O–H groups in total. The third-order valence-corrected chi connectivity index (χ3v) is 4.21. The first-order valence-electron chi connectivity index (χ1n) is 7.38. The van der Waals surface area contributed by atoms with Crippen LogP contribution >= 0.6 is 15.9 Å². The van der Waals surface area contributed by atoms with E-state index in [-0.39, 0.29) is 12.3 Å². The van der Waals surface area contributed by atoms with E-state index >= 15 is 0 Å². The molecule has 2 aromatic carbocycles. The molecule has 1 aliphatic rings. The number of ether oxygens (including phenoxy) is 2. The Kier molecular flexibility index (Phi) is 4.89. The number of anilines is 1. The van der Waals surface area contributed by atoms with Crippen LogP contribution in [-0.2, 0) is 17.4 Å². The summed E-state index contributed by atoms with van der Waals surface area (Å²) in [5, 5.41) is 2.71. The van der Waals surface area contributed by atoms with Crippen LogP contribution in [0.1, 0.15) is 11.1 Å². The Morgan fingerprint density at radius 2 is 1.68 bits per heavy atom. The minimum Gasteiger partial charge on any atom is -0.486 e. The molecule has 0 unspecified atom stereocenters. The Labute approximate surface area is 150 Å². The van der Waals surface area contributed by atoms with Crippen LogP contribution in [0.2, 0.25) is 0 Å². The van der Waals surface area contributed by atoms with Gasteiger partial charge in [0.05, 0.1) is 17.7 Å². The number of alkyl halides is 3. The van der Waals surface area contributed by atoms with Crippen LogP contribution in [0.4, 0.5) is 18.9 Å². The predicted octanol–water partition coefficient (Wildman–Crippen LogP) is 4.42. The number of rotatable bonds is 3. The second kappa shape index (κ2) is 6.95. The molecule has 1 heterocycles. The number of fused-ring (bicyclic) bond motifs is 1. The minimum absolute atomic E-state index is 0.0426. The fourth-order valence-corrected chi connectivity index (χ4v) is 2.77. The summed E-state index contributed by atoms with van der Waals surface area (Å²) >= 11 is 3.35. The summed E-state index contributed by atoms with van der Waals surface area (Å²) in [6.07, 6.45) is -4.43. The van der Waals surface area contributed by atoms with Gasteiger partial charge in [-0.3, -0.25) is 4.79 Å². The Balaban J connectivity index is 1.68. The van der Waals surface area contributed by atoms with Gasteiger partial charge in [-0.25, -0.2) is 0 Å². The van der Waals surface area contributed by atoms with Crippen molar-refractivity contribution in [3.05, 3.63) is 52.0 Å². The van der Waals surface area contributed by atoms with Crippen LogP contribution in [0.5, 0.6) is 11.5 Å². The maximum absolute atomic E-state index is 12.5. The van der Waals surface area contributed by atoms with Gasteiger partial charge in [-0.05, 0) is 33.6 Å². The highest BCUT2D eigenvalue weighted by molar-refractivity contribution is 9.10. The lowest BCUT2D eigenvalue weighted by molar-refractivity contribution is -0.137. The van der Waals surface area contributed by atoms with Crippen molar-refractivity contribution < 1.29 is 27.4 Å². The normalized spacial score (nSPS) is 13.4. The zero-order valence-electron chi connectivity index (χ0n) is 12.8. The van der Waals surface area contributed by atoms with Crippen LogP contribution in [0.25, 0.3) is 0 Å². The van der Waals surface area contributed by atoms with Gasteiger partial charge in [0.15, 0.2) is 11.5 Å². The third kappa shape index (κ3) is 4.25. The molecule has 0 saturated carbocycles. The Hall–Kier alpha value is -2.22. The summed E-state index contributed by atoms with van der Waals surface area (Å²) in [6, 6.07) is 7.85. The molecular weight excluding hydrogens is 403 g/mol. The lowest BCUT2D eigenvalue weighted by Gasteiger charge is -2.20. The van der Waals surface area contributed by atoms with Crippen LogP contribution in [0.3, 0.4) is 0 Å². The van der Waals surface area contributed by atoms with Gasteiger partial charge in [-0.2, -0.15) is 13.2 Å². The molecule has 0 aromatic heterocycles. The van der Waals surface area contributed by atoms with Crippen molar-refractivity contribution in [2.75, 3.05) is 18.5 Å². The highest BCUT2D eigenvalue weighted by atomic mass is 79.9. The molecule has 2 aromatic rings. The SMILES string of the molecule is O=C(Cc1ccc(C(F)(F)F)cc1)Nc1cc2c(cc1Br)OCCO2. The van der Waals surface area contributed by atoms with Crippen molar-refractivity contribution in [3.8, 4) is 11.5 Å². The topological polar surface area (TPSA) is 47.6 Å². The van der Waals surface area contributed by atoms with Gasteiger partial charge in [0.1, 0.15) is 13.2 Å². The Bertz CT molecular complexity index is 791. The van der Waals surface area contributed by atoms with E-state index in [1.165, 1.54) is 12.1 Å². The lowest BCUT2D eigenvalue weighted by atomic mass is 10.1. The molecular formula is C17H13BrF3NO3. The summed E-state index contributed by atoms with van der Waals surface area (Å²) in [5.41, 5.74) is 0.242. The first-order valence-corrected chi connectivity index (χ1v) is 8.17. The zero-order chi connectivity index (χ0) is 18.0.